The highest BCUT2D eigenvalue weighted by molar-refractivity contribution is 9.10. The van der Waals surface area contributed by atoms with E-state index < -0.39 is 10.0 Å². The zero-order chi connectivity index (χ0) is 16.4. The van der Waals surface area contributed by atoms with Crippen LogP contribution in [0.25, 0.3) is 0 Å². The maximum Gasteiger partial charge on any atom is 0.244 e. The zero-order valence-electron chi connectivity index (χ0n) is 12.9. The largest absolute Gasteiger partial charge is 0.342 e. The second-order valence-corrected chi connectivity index (χ2v) is 8.93. The first-order valence-corrected chi connectivity index (χ1v) is 10.3. The Morgan fingerprint density at radius 3 is 2.48 bits per heavy atom. The molecule has 2 fully saturated rings. The summed E-state index contributed by atoms with van der Waals surface area (Å²) < 4.78 is 27.5. The molecule has 2 aliphatic rings. The monoisotopic (exact) mass is 400 g/mol. The van der Waals surface area contributed by atoms with Crippen LogP contribution in [0.2, 0.25) is 0 Å². The van der Waals surface area contributed by atoms with Gasteiger partial charge in [-0.1, -0.05) is 12.1 Å². The molecule has 2 saturated heterocycles. The molecule has 1 amide bonds. The van der Waals surface area contributed by atoms with E-state index in [2.05, 4.69) is 15.9 Å². The number of amides is 1. The van der Waals surface area contributed by atoms with E-state index in [-0.39, 0.29) is 16.7 Å². The van der Waals surface area contributed by atoms with E-state index in [1.165, 1.54) is 10.7 Å². The summed E-state index contributed by atoms with van der Waals surface area (Å²) in [6.45, 7) is 2.32. The van der Waals surface area contributed by atoms with Crippen molar-refractivity contribution in [1.82, 2.24) is 9.21 Å². The average Bonchev–Trinajstić information content (AvgIpc) is 3.06. The number of carbonyl (C=O) groups is 1. The number of hydrogen-bond acceptors (Lipinski definition) is 3. The predicted molar refractivity (Wildman–Crippen MR) is 91.4 cm³/mol. The number of halogens is 1. The number of benzene rings is 1. The third kappa shape index (κ3) is 3.46. The van der Waals surface area contributed by atoms with E-state index in [9.17, 15) is 13.2 Å². The van der Waals surface area contributed by atoms with E-state index >= 15 is 0 Å². The van der Waals surface area contributed by atoms with Crippen molar-refractivity contribution < 1.29 is 13.2 Å². The van der Waals surface area contributed by atoms with Gasteiger partial charge in [-0.3, -0.25) is 4.79 Å². The Bertz CT molecular complexity index is 686. The molecule has 1 atom stereocenters. The molecule has 0 bridgehead atoms. The molecule has 1 aromatic rings. The second-order valence-electron chi connectivity index (χ2n) is 6.17. The molecule has 5 nitrogen and oxygen atoms in total. The Morgan fingerprint density at radius 1 is 1.09 bits per heavy atom. The lowest BCUT2D eigenvalue weighted by atomic mass is 10.0. The molecular weight excluding hydrogens is 380 g/mol. The Labute approximate surface area is 145 Å². The topological polar surface area (TPSA) is 57.7 Å². The molecular formula is C16H21BrN2O3S. The normalized spacial score (nSPS) is 23.2. The van der Waals surface area contributed by atoms with Crippen molar-refractivity contribution in [2.75, 3.05) is 26.2 Å². The summed E-state index contributed by atoms with van der Waals surface area (Å²) >= 11 is 3.30. The maximum atomic E-state index is 12.8. The van der Waals surface area contributed by atoms with Gasteiger partial charge in [0.2, 0.25) is 15.9 Å². The first kappa shape index (κ1) is 16.9. The van der Waals surface area contributed by atoms with Gasteiger partial charge >= 0.3 is 0 Å². The predicted octanol–water partition coefficient (Wildman–Crippen LogP) is 2.47. The molecule has 1 unspecified atom stereocenters. The Morgan fingerprint density at radius 2 is 1.78 bits per heavy atom. The molecule has 7 heteroatoms. The van der Waals surface area contributed by atoms with Gasteiger partial charge in [0.15, 0.2) is 0 Å². The first-order chi connectivity index (χ1) is 11.0. The average molecular weight is 401 g/mol. The molecule has 0 spiro atoms. The van der Waals surface area contributed by atoms with Crippen molar-refractivity contribution in [3.63, 3.8) is 0 Å². The van der Waals surface area contributed by atoms with Crippen LogP contribution in [0.4, 0.5) is 0 Å². The zero-order valence-corrected chi connectivity index (χ0v) is 15.4. The van der Waals surface area contributed by atoms with Crippen LogP contribution in [0.5, 0.6) is 0 Å². The van der Waals surface area contributed by atoms with Crippen LogP contribution in [0.1, 0.15) is 25.7 Å². The van der Waals surface area contributed by atoms with E-state index in [1.807, 2.05) is 4.90 Å². The molecule has 1 aromatic carbocycles. The molecule has 0 saturated carbocycles. The van der Waals surface area contributed by atoms with Crippen molar-refractivity contribution in [3.05, 3.63) is 28.7 Å². The van der Waals surface area contributed by atoms with Gasteiger partial charge in [0.05, 0.1) is 10.8 Å². The summed E-state index contributed by atoms with van der Waals surface area (Å²) in [6.07, 6.45) is 3.89. The van der Waals surface area contributed by atoms with Crippen LogP contribution in [0.15, 0.2) is 33.6 Å². The Hall–Kier alpha value is -0.920. The Balaban J connectivity index is 1.72. The van der Waals surface area contributed by atoms with Gasteiger partial charge in [-0.2, -0.15) is 4.31 Å². The lowest BCUT2D eigenvalue weighted by Gasteiger charge is -2.29. The summed E-state index contributed by atoms with van der Waals surface area (Å²) in [4.78, 5) is 14.7. The van der Waals surface area contributed by atoms with E-state index in [1.54, 1.807) is 24.3 Å². The van der Waals surface area contributed by atoms with Crippen LogP contribution in [0, 0.1) is 5.92 Å². The number of likely N-dealkylation sites (tertiary alicyclic amines) is 1. The molecule has 0 aromatic heterocycles. The number of rotatable bonds is 3. The molecule has 0 radical (unpaired) electrons. The quantitative estimate of drug-likeness (QED) is 0.782. The third-order valence-electron chi connectivity index (χ3n) is 4.62. The van der Waals surface area contributed by atoms with Crippen LogP contribution in [-0.4, -0.2) is 49.7 Å². The lowest BCUT2D eigenvalue weighted by molar-refractivity contribution is -0.135. The van der Waals surface area contributed by atoms with Gasteiger partial charge in [-0.15, -0.1) is 0 Å². The molecule has 126 valence electrons. The van der Waals surface area contributed by atoms with Gasteiger partial charge in [0.1, 0.15) is 0 Å². The summed E-state index contributed by atoms with van der Waals surface area (Å²) in [7, 11) is -3.55. The Kier molecular flexibility index (Phi) is 5.08. The van der Waals surface area contributed by atoms with Gasteiger partial charge in [-0.05, 0) is 53.7 Å². The molecule has 3 rings (SSSR count). The summed E-state index contributed by atoms with van der Waals surface area (Å²) in [5.41, 5.74) is 0. The minimum atomic E-state index is -3.55. The summed E-state index contributed by atoms with van der Waals surface area (Å²) in [5, 5.41) is 0. The van der Waals surface area contributed by atoms with E-state index in [0.29, 0.717) is 24.0 Å². The first-order valence-electron chi connectivity index (χ1n) is 8.03. The number of piperidine rings is 1. The van der Waals surface area contributed by atoms with Crippen LogP contribution >= 0.6 is 15.9 Å². The molecule has 0 N–H and O–H groups in total. The highest BCUT2D eigenvalue weighted by atomic mass is 79.9. The van der Waals surface area contributed by atoms with Gasteiger partial charge < -0.3 is 4.90 Å². The van der Waals surface area contributed by atoms with Gasteiger partial charge in [0.25, 0.3) is 0 Å². The lowest BCUT2D eigenvalue weighted by Crippen LogP contribution is -2.41. The summed E-state index contributed by atoms with van der Waals surface area (Å²) in [5.74, 6) is -0.0834. The van der Waals surface area contributed by atoms with Crippen LogP contribution in [0.3, 0.4) is 0 Å². The van der Waals surface area contributed by atoms with Gasteiger partial charge in [0, 0.05) is 30.7 Å². The van der Waals surface area contributed by atoms with Crippen molar-refractivity contribution >= 4 is 31.9 Å². The SMILES string of the molecule is O=C(C1CCN(S(=O)(=O)c2ccccc2Br)C1)N1CCCCC1. The standard InChI is InChI=1S/C16H21BrN2O3S/c17-14-6-2-3-7-15(14)23(21,22)19-11-8-13(12-19)16(20)18-9-4-1-5-10-18/h2-3,6-7,13H,1,4-5,8-12H2. The highest BCUT2D eigenvalue weighted by Gasteiger charge is 2.38. The second kappa shape index (κ2) is 6.91. The molecule has 2 aliphatic heterocycles. The van der Waals surface area contributed by atoms with Crippen molar-refractivity contribution in [3.8, 4) is 0 Å². The van der Waals surface area contributed by atoms with Crippen molar-refractivity contribution in [1.29, 1.82) is 0 Å². The highest BCUT2D eigenvalue weighted by Crippen LogP contribution is 2.30. The molecule has 23 heavy (non-hydrogen) atoms. The molecule has 2 heterocycles. The van der Waals surface area contributed by atoms with Crippen molar-refractivity contribution in [2.45, 2.75) is 30.6 Å². The number of nitrogens with zero attached hydrogens (tertiary/aromatic N) is 2. The van der Waals surface area contributed by atoms with Crippen molar-refractivity contribution in [2.24, 2.45) is 5.92 Å². The fraction of sp³-hybridized carbons (Fsp3) is 0.562. The third-order valence-corrected chi connectivity index (χ3v) is 7.50. The van der Waals surface area contributed by atoms with Crippen LogP contribution in [-0.2, 0) is 14.8 Å². The number of hydrogen-bond donors (Lipinski definition) is 0. The minimum absolute atomic E-state index is 0.120. The van der Waals surface area contributed by atoms with E-state index in [4.69, 9.17) is 0 Å². The number of sulfonamides is 1. The summed E-state index contributed by atoms with van der Waals surface area (Å²) in [6, 6.07) is 6.82. The fourth-order valence-corrected chi connectivity index (χ4v) is 5.78. The van der Waals surface area contributed by atoms with Crippen LogP contribution < -0.4 is 0 Å². The van der Waals surface area contributed by atoms with Gasteiger partial charge in [-0.25, -0.2) is 8.42 Å². The molecule has 0 aliphatic carbocycles. The van der Waals surface area contributed by atoms with E-state index in [0.717, 1.165) is 25.9 Å². The smallest absolute Gasteiger partial charge is 0.244 e. The fourth-order valence-electron chi connectivity index (χ4n) is 3.31. The maximum absolute atomic E-state index is 12.8. The minimum Gasteiger partial charge on any atom is -0.342 e. The number of carbonyl (C=O) groups excluding carboxylic acids is 1.